The van der Waals surface area contributed by atoms with Gasteiger partial charge in [0.05, 0.1) is 0 Å². The summed E-state index contributed by atoms with van der Waals surface area (Å²) in [6, 6.07) is 49.6. The van der Waals surface area contributed by atoms with E-state index in [9.17, 15) is 0 Å². The molecule has 6 aromatic carbocycles. The molecule has 2 heterocycles. The van der Waals surface area contributed by atoms with Crippen LogP contribution in [0.15, 0.2) is 133 Å². The van der Waals surface area contributed by atoms with Crippen molar-refractivity contribution in [2.24, 2.45) is 0 Å². The van der Waals surface area contributed by atoms with E-state index in [1.165, 1.54) is 126 Å². The molecule has 0 N–H and O–H groups in total. The van der Waals surface area contributed by atoms with Crippen LogP contribution in [0.5, 0.6) is 0 Å². The van der Waals surface area contributed by atoms with Gasteiger partial charge in [0.1, 0.15) is 0 Å². The van der Waals surface area contributed by atoms with Gasteiger partial charge in [-0.1, -0.05) is 155 Å². The second kappa shape index (κ2) is 15.2. The molecule has 12 rings (SSSR count). The molecule has 0 bridgehead atoms. The fourth-order valence-corrected chi connectivity index (χ4v) is 13.4. The largest absolute Gasteiger partial charge is 0.134 e. The van der Waals surface area contributed by atoms with E-state index in [1.54, 1.807) is 0 Å². The van der Waals surface area contributed by atoms with E-state index in [-0.39, 0.29) is 16.2 Å². The Morgan fingerprint density at radius 1 is 0.460 bits per heavy atom. The molecule has 0 amide bonds. The molecule has 0 spiro atoms. The van der Waals surface area contributed by atoms with E-state index >= 15 is 0 Å². The van der Waals surface area contributed by atoms with E-state index in [0.717, 1.165) is 6.42 Å². The third-order valence-electron chi connectivity index (χ3n) is 14.6. The average molecular weight is 857 g/mol. The molecule has 1 unspecified atom stereocenters. The molecule has 0 saturated carbocycles. The first-order valence-corrected chi connectivity index (χ1v) is 25.0. The van der Waals surface area contributed by atoms with Gasteiger partial charge in [0.15, 0.2) is 0 Å². The molecular formula is C61H60S2. The van der Waals surface area contributed by atoms with Crippen molar-refractivity contribution in [1.82, 2.24) is 0 Å². The van der Waals surface area contributed by atoms with Gasteiger partial charge in [-0.05, 0) is 173 Å². The Balaban J connectivity index is 0.000000907. The Morgan fingerprint density at radius 2 is 0.937 bits per heavy atom. The zero-order valence-corrected chi connectivity index (χ0v) is 40.6. The monoisotopic (exact) mass is 856 g/mol. The molecule has 0 nitrogen and oxygen atoms in total. The Labute approximate surface area is 384 Å². The zero-order chi connectivity index (χ0) is 44.2. The van der Waals surface area contributed by atoms with Crippen LogP contribution in [0.4, 0.5) is 0 Å². The first-order valence-electron chi connectivity index (χ1n) is 23.4. The molecule has 4 aliphatic rings. The van der Waals surface area contributed by atoms with Gasteiger partial charge < -0.3 is 0 Å². The van der Waals surface area contributed by atoms with Crippen molar-refractivity contribution in [3.63, 3.8) is 0 Å². The highest BCUT2D eigenvalue weighted by Crippen LogP contribution is 2.60. The maximum Gasteiger partial charge on any atom is 0.0455 e. The maximum atomic E-state index is 2.58. The molecule has 0 fully saturated rings. The van der Waals surface area contributed by atoms with E-state index in [1.807, 2.05) is 36.5 Å². The molecule has 0 radical (unpaired) electrons. The number of allylic oxidation sites excluding steroid dienone is 1. The van der Waals surface area contributed by atoms with Crippen molar-refractivity contribution in [2.45, 2.75) is 111 Å². The number of benzene rings is 6. The van der Waals surface area contributed by atoms with Crippen LogP contribution < -0.4 is 0 Å². The third kappa shape index (κ3) is 6.26. The van der Waals surface area contributed by atoms with Gasteiger partial charge in [-0.2, -0.15) is 0 Å². The SMILES string of the molecule is CC.CC1CC=C(c2ccc3c(c2)C(C)(C)c2cc4c(cc2-3)C(C)(C)c2cc3c(cc2-4)C(C)(C)c2cc(-c4ccc(-c5cc6ccccc6s5)s4)ccc2-3)c2ccccc21.CCC. The van der Waals surface area contributed by atoms with Gasteiger partial charge >= 0.3 is 0 Å². The highest BCUT2D eigenvalue weighted by Gasteiger charge is 2.44. The summed E-state index contributed by atoms with van der Waals surface area (Å²) in [4.78, 5) is 4.03. The van der Waals surface area contributed by atoms with Crippen molar-refractivity contribution >= 4 is 38.3 Å². The normalized spacial score (nSPS) is 17.1. The van der Waals surface area contributed by atoms with Crippen LogP contribution in [0.25, 0.3) is 69.2 Å². The van der Waals surface area contributed by atoms with Crippen LogP contribution in [-0.4, -0.2) is 0 Å². The van der Waals surface area contributed by atoms with Crippen LogP contribution in [0.3, 0.4) is 0 Å². The summed E-state index contributed by atoms with van der Waals surface area (Å²) in [6.07, 6.45) is 4.81. The van der Waals surface area contributed by atoms with E-state index in [4.69, 9.17) is 0 Å². The summed E-state index contributed by atoms with van der Waals surface area (Å²) in [5.41, 5.74) is 23.7. The van der Waals surface area contributed by atoms with E-state index in [0.29, 0.717) is 5.92 Å². The first-order chi connectivity index (χ1) is 30.3. The number of thiophene rings is 2. The van der Waals surface area contributed by atoms with Crippen LogP contribution in [0.1, 0.15) is 145 Å². The molecule has 316 valence electrons. The lowest BCUT2D eigenvalue weighted by atomic mass is 9.78. The molecule has 1 atom stereocenters. The van der Waals surface area contributed by atoms with Gasteiger partial charge in [-0.15, -0.1) is 22.7 Å². The Morgan fingerprint density at radius 3 is 1.52 bits per heavy atom. The minimum atomic E-state index is -0.110. The molecule has 2 heteroatoms. The Kier molecular flexibility index (Phi) is 10.0. The first kappa shape index (κ1) is 41.7. The fraction of sp³-hybridized carbons (Fsp3) is 0.279. The summed E-state index contributed by atoms with van der Waals surface area (Å²) in [6.45, 7) is 25.3. The number of hydrogen-bond acceptors (Lipinski definition) is 2. The summed E-state index contributed by atoms with van der Waals surface area (Å²) >= 11 is 3.80. The van der Waals surface area contributed by atoms with Gasteiger partial charge in [0.25, 0.3) is 0 Å². The summed E-state index contributed by atoms with van der Waals surface area (Å²) in [7, 11) is 0. The molecule has 0 aliphatic heterocycles. The lowest BCUT2D eigenvalue weighted by Crippen LogP contribution is -2.17. The smallest absolute Gasteiger partial charge is 0.0455 e. The van der Waals surface area contributed by atoms with Crippen molar-refractivity contribution in [2.75, 3.05) is 0 Å². The number of fused-ring (bicyclic) bond motifs is 11. The van der Waals surface area contributed by atoms with Crippen molar-refractivity contribution in [3.8, 4) is 53.6 Å². The van der Waals surface area contributed by atoms with Crippen LogP contribution >= 0.6 is 22.7 Å². The molecular weight excluding hydrogens is 797 g/mol. The summed E-state index contributed by atoms with van der Waals surface area (Å²) < 4.78 is 1.35. The Hall–Kier alpha value is -5.28. The van der Waals surface area contributed by atoms with Gasteiger partial charge in [0.2, 0.25) is 0 Å². The van der Waals surface area contributed by atoms with Crippen molar-refractivity contribution in [1.29, 1.82) is 0 Å². The molecule has 2 aromatic heterocycles. The molecule has 4 aliphatic carbocycles. The second-order valence-corrected chi connectivity index (χ2v) is 21.8. The predicted octanol–water partition coefficient (Wildman–Crippen LogP) is 18.6. The fourth-order valence-electron chi connectivity index (χ4n) is 11.2. The average Bonchev–Trinajstić information content (AvgIpc) is 4.09. The highest BCUT2D eigenvalue weighted by molar-refractivity contribution is 7.27. The van der Waals surface area contributed by atoms with Crippen LogP contribution in [0.2, 0.25) is 0 Å². The summed E-state index contributed by atoms with van der Waals surface area (Å²) in [5, 5.41) is 1.33. The van der Waals surface area contributed by atoms with Crippen LogP contribution in [0, 0.1) is 0 Å². The van der Waals surface area contributed by atoms with E-state index in [2.05, 4.69) is 196 Å². The number of rotatable bonds is 3. The minimum Gasteiger partial charge on any atom is -0.134 e. The number of hydrogen-bond donors (Lipinski definition) is 0. The van der Waals surface area contributed by atoms with Crippen molar-refractivity contribution in [3.05, 3.63) is 184 Å². The lowest BCUT2D eigenvalue weighted by Gasteiger charge is -2.26. The lowest BCUT2D eigenvalue weighted by molar-refractivity contribution is 0.649. The topological polar surface area (TPSA) is 0 Å². The molecule has 8 aromatic rings. The third-order valence-corrected chi connectivity index (χ3v) is 17.0. The summed E-state index contributed by atoms with van der Waals surface area (Å²) in [5.74, 6) is 0.556. The minimum absolute atomic E-state index is 0.105. The van der Waals surface area contributed by atoms with E-state index < -0.39 is 0 Å². The van der Waals surface area contributed by atoms with Gasteiger partial charge in [0, 0.05) is 35.6 Å². The van der Waals surface area contributed by atoms with Gasteiger partial charge in [-0.25, -0.2) is 0 Å². The zero-order valence-electron chi connectivity index (χ0n) is 39.0. The molecule has 0 saturated heterocycles. The molecule has 63 heavy (non-hydrogen) atoms. The maximum absolute atomic E-state index is 2.58. The second-order valence-electron chi connectivity index (χ2n) is 19.6. The standard InChI is InChI=1S/C56H46S2.C3H8.C2H6/c1-31-16-19-36(37-14-10-9-13-35(31)37)32-17-20-38-40-27-48-42(29-46(40)54(2,3)44(38)24-32)43-30-47-41(28-49(43)56(48,6)7)39-21-18-34(25-45(39)55(47,4)5)51-22-23-52(57-51)53-26-33-12-8-11-15-50(33)58-53;1-3-2;1-2/h8-15,17-31H,16H2,1-7H3;3H2,1-2H3;1-2H3. The predicted molar refractivity (Wildman–Crippen MR) is 277 cm³/mol. The van der Waals surface area contributed by atoms with Gasteiger partial charge in [-0.3, -0.25) is 0 Å². The van der Waals surface area contributed by atoms with Crippen LogP contribution in [-0.2, 0) is 16.2 Å². The van der Waals surface area contributed by atoms with Crippen molar-refractivity contribution < 1.29 is 0 Å². The highest BCUT2D eigenvalue weighted by atomic mass is 32.1. The quantitative estimate of drug-likeness (QED) is 0.166. The Bertz CT molecular complexity index is 3120.